The van der Waals surface area contributed by atoms with Crippen molar-refractivity contribution in [3.05, 3.63) is 47.3 Å². The van der Waals surface area contributed by atoms with Crippen LogP contribution >= 0.6 is 0 Å². The molecule has 0 bridgehead atoms. The van der Waals surface area contributed by atoms with Crippen LogP contribution in [0.2, 0.25) is 0 Å². The molecule has 1 amide bonds. The summed E-state index contributed by atoms with van der Waals surface area (Å²) in [6.45, 7) is 4.44. The van der Waals surface area contributed by atoms with E-state index in [0.29, 0.717) is 23.5 Å². The van der Waals surface area contributed by atoms with Gasteiger partial charge in [-0.15, -0.1) is 0 Å². The van der Waals surface area contributed by atoms with Gasteiger partial charge in [-0.2, -0.15) is 10.4 Å². The van der Waals surface area contributed by atoms with Gasteiger partial charge in [-0.25, -0.2) is 0 Å². The highest BCUT2D eigenvalue weighted by atomic mass is 16.2. The van der Waals surface area contributed by atoms with Crippen molar-refractivity contribution in [2.45, 2.75) is 20.4 Å². The Balaban J connectivity index is 2.34. The van der Waals surface area contributed by atoms with E-state index in [2.05, 4.69) is 11.2 Å². The average Bonchev–Trinajstić information content (AvgIpc) is 2.86. The smallest absolute Gasteiger partial charge is 0.276 e. The van der Waals surface area contributed by atoms with Crippen LogP contribution < -0.4 is 4.90 Å². The highest BCUT2D eigenvalue weighted by Gasteiger charge is 2.18. The van der Waals surface area contributed by atoms with Gasteiger partial charge in [0.2, 0.25) is 0 Å². The zero-order chi connectivity index (χ0) is 14.7. The summed E-state index contributed by atoms with van der Waals surface area (Å²) in [5.74, 6) is -0.137. The van der Waals surface area contributed by atoms with Gasteiger partial charge in [-0.05, 0) is 38.1 Å². The first kappa shape index (κ1) is 13.8. The molecule has 0 atom stereocenters. The van der Waals surface area contributed by atoms with Crippen LogP contribution in [0.25, 0.3) is 0 Å². The lowest BCUT2D eigenvalue weighted by Crippen LogP contribution is -2.28. The van der Waals surface area contributed by atoms with E-state index in [1.54, 1.807) is 42.1 Å². The summed E-state index contributed by atoms with van der Waals surface area (Å²) in [5.41, 5.74) is 2.59. The number of carbonyl (C=O) groups is 1. The highest BCUT2D eigenvalue weighted by molar-refractivity contribution is 6.04. The number of aryl methyl sites for hydroxylation is 2. The van der Waals surface area contributed by atoms with Gasteiger partial charge < -0.3 is 4.90 Å². The standard InChI is InChI=1S/C15H16N4O/c1-4-19-14(8-11(2)17-19)15(20)18(3)13-7-5-6-12(9-13)10-16/h5-9H,4H2,1-3H3. The lowest BCUT2D eigenvalue weighted by atomic mass is 10.2. The molecule has 0 unspecified atom stereocenters. The number of nitriles is 1. The summed E-state index contributed by atoms with van der Waals surface area (Å²) in [5, 5.41) is 13.2. The van der Waals surface area contributed by atoms with Crippen LogP contribution in [0.1, 0.15) is 28.7 Å². The maximum Gasteiger partial charge on any atom is 0.276 e. The molecule has 0 spiro atoms. The van der Waals surface area contributed by atoms with Gasteiger partial charge >= 0.3 is 0 Å². The maximum absolute atomic E-state index is 12.5. The SMILES string of the molecule is CCn1nc(C)cc1C(=O)N(C)c1cccc(C#N)c1. The second-order valence-corrected chi connectivity index (χ2v) is 4.51. The molecule has 1 aromatic heterocycles. The van der Waals surface area contributed by atoms with Gasteiger partial charge in [0.1, 0.15) is 5.69 Å². The molecule has 1 aromatic carbocycles. The lowest BCUT2D eigenvalue weighted by molar-refractivity contribution is 0.0983. The van der Waals surface area contributed by atoms with Crippen LogP contribution in [-0.2, 0) is 6.54 Å². The number of benzene rings is 1. The lowest BCUT2D eigenvalue weighted by Gasteiger charge is -2.17. The molecular weight excluding hydrogens is 252 g/mol. The normalized spacial score (nSPS) is 10.1. The number of aromatic nitrogens is 2. The second-order valence-electron chi connectivity index (χ2n) is 4.51. The van der Waals surface area contributed by atoms with Crippen molar-refractivity contribution < 1.29 is 4.79 Å². The van der Waals surface area contributed by atoms with Crippen LogP contribution in [0, 0.1) is 18.3 Å². The summed E-state index contributed by atoms with van der Waals surface area (Å²) in [6, 6.07) is 10.8. The van der Waals surface area contributed by atoms with Crippen molar-refractivity contribution in [3.63, 3.8) is 0 Å². The van der Waals surface area contributed by atoms with Gasteiger partial charge in [0, 0.05) is 19.3 Å². The van der Waals surface area contributed by atoms with E-state index in [-0.39, 0.29) is 5.91 Å². The van der Waals surface area contributed by atoms with Crippen molar-refractivity contribution in [2.24, 2.45) is 0 Å². The number of amides is 1. The highest BCUT2D eigenvalue weighted by Crippen LogP contribution is 2.17. The first-order valence-electron chi connectivity index (χ1n) is 6.39. The summed E-state index contributed by atoms with van der Waals surface area (Å²) < 4.78 is 1.68. The number of hydrogen-bond acceptors (Lipinski definition) is 3. The van der Waals surface area contributed by atoms with Gasteiger partial charge in [0.25, 0.3) is 5.91 Å². The fourth-order valence-corrected chi connectivity index (χ4v) is 2.03. The number of nitrogens with zero attached hydrogens (tertiary/aromatic N) is 4. The fourth-order valence-electron chi connectivity index (χ4n) is 2.03. The molecule has 0 fully saturated rings. The topological polar surface area (TPSA) is 61.9 Å². The summed E-state index contributed by atoms with van der Waals surface area (Å²) in [4.78, 5) is 14.1. The minimum Gasteiger partial charge on any atom is -0.310 e. The van der Waals surface area contributed by atoms with Crippen LogP contribution in [0.4, 0.5) is 5.69 Å². The van der Waals surface area contributed by atoms with Crippen molar-refractivity contribution in [3.8, 4) is 6.07 Å². The van der Waals surface area contributed by atoms with Crippen LogP contribution in [0.15, 0.2) is 30.3 Å². The Morgan fingerprint density at radius 1 is 1.45 bits per heavy atom. The van der Waals surface area contributed by atoms with Gasteiger partial charge in [0.15, 0.2) is 0 Å². The summed E-state index contributed by atoms with van der Waals surface area (Å²) >= 11 is 0. The molecule has 5 nitrogen and oxygen atoms in total. The number of anilines is 1. The molecule has 0 saturated carbocycles. The molecule has 0 aliphatic carbocycles. The largest absolute Gasteiger partial charge is 0.310 e. The summed E-state index contributed by atoms with van der Waals surface area (Å²) in [7, 11) is 1.70. The van der Waals surface area contributed by atoms with E-state index in [0.717, 1.165) is 5.69 Å². The van der Waals surface area contributed by atoms with Gasteiger partial charge in [-0.3, -0.25) is 9.48 Å². The van der Waals surface area contributed by atoms with Crippen LogP contribution in [0.5, 0.6) is 0 Å². The third-order valence-corrected chi connectivity index (χ3v) is 3.09. The summed E-state index contributed by atoms with van der Waals surface area (Å²) in [6.07, 6.45) is 0. The van der Waals surface area contributed by atoms with E-state index in [9.17, 15) is 4.79 Å². The van der Waals surface area contributed by atoms with E-state index in [1.165, 1.54) is 4.90 Å². The monoisotopic (exact) mass is 268 g/mol. The Bertz CT molecular complexity index is 681. The fraction of sp³-hybridized carbons (Fsp3) is 0.267. The molecular formula is C15H16N4O. The molecule has 0 aliphatic heterocycles. The van der Waals surface area contributed by atoms with Crippen molar-refractivity contribution in [1.29, 1.82) is 5.26 Å². The maximum atomic E-state index is 12.5. The van der Waals surface area contributed by atoms with Gasteiger partial charge in [0.05, 0.1) is 17.3 Å². The van der Waals surface area contributed by atoms with E-state index < -0.39 is 0 Å². The molecule has 20 heavy (non-hydrogen) atoms. The zero-order valence-electron chi connectivity index (χ0n) is 11.8. The van der Waals surface area contributed by atoms with Gasteiger partial charge in [-0.1, -0.05) is 6.07 Å². The zero-order valence-corrected chi connectivity index (χ0v) is 11.8. The molecule has 0 radical (unpaired) electrons. The Hall–Kier alpha value is -2.61. The van der Waals surface area contributed by atoms with Crippen molar-refractivity contribution >= 4 is 11.6 Å². The Labute approximate surface area is 118 Å². The van der Waals surface area contributed by atoms with Crippen LogP contribution in [-0.4, -0.2) is 22.7 Å². The molecule has 0 saturated heterocycles. The predicted molar refractivity (Wildman–Crippen MR) is 76.5 cm³/mol. The molecule has 1 heterocycles. The van der Waals surface area contributed by atoms with Crippen molar-refractivity contribution in [1.82, 2.24) is 9.78 Å². The number of carbonyl (C=O) groups excluding carboxylic acids is 1. The Kier molecular flexibility index (Phi) is 3.85. The minimum absolute atomic E-state index is 0.137. The minimum atomic E-state index is -0.137. The third-order valence-electron chi connectivity index (χ3n) is 3.09. The van der Waals surface area contributed by atoms with E-state index in [1.807, 2.05) is 13.8 Å². The van der Waals surface area contributed by atoms with E-state index in [4.69, 9.17) is 5.26 Å². The first-order chi connectivity index (χ1) is 9.56. The van der Waals surface area contributed by atoms with Crippen molar-refractivity contribution in [2.75, 3.05) is 11.9 Å². The number of hydrogen-bond donors (Lipinski definition) is 0. The Morgan fingerprint density at radius 2 is 2.20 bits per heavy atom. The number of rotatable bonds is 3. The molecule has 2 aromatic rings. The average molecular weight is 268 g/mol. The van der Waals surface area contributed by atoms with E-state index >= 15 is 0 Å². The molecule has 2 rings (SSSR count). The second kappa shape index (κ2) is 5.57. The first-order valence-corrected chi connectivity index (χ1v) is 6.39. The van der Waals surface area contributed by atoms with Crippen LogP contribution in [0.3, 0.4) is 0 Å². The molecule has 0 N–H and O–H groups in total. The molecule has 0 aliphatic rings. The quantitative estimate of drug-likeness (QED) is 0.858. The molecule has 102 valence electrons. The third kappa shape index (κ3) is 2.54. The Morgan fingerprint density at radius 3 is 2.85 bits per heavy atom. The molecule has 5 heteroatoms. The predicted octanol–water partition coefficient (Wildman–Crippen LogP) is 2.36.